The van der Waals surface area contributed by atoms with Gasteiger partial charge in [-0.05, 0) is 6.92 Å². The molecule has 0 saturated heterocycles. The van der Waals surface area contributed by atoms with Gasteiger partial charge in [0.05, 0.1) is 28.8 Å². The minimum absolute atomic E-state index is 0.212. The number of aromatic amines is 1. The van der Waals surface area contributed by atoms with E-state index in [-0.39, 0.29) is 5.95 Å². The zero-order valence-corrected chi connectivity index (χ0v) is 10.5. The summed E-state index contributed by atoms with van der Waals surface area (Å²) in [6.45, 7) is 2.58. The standard InChI is InChI=1S/C10H11N7S/c1-5-14-6(4-18-5)2-12-8-7-3-13-17-9(7)16-10(11)15-8/h3-4H,2H2,1H3,(H4,11,12,13,15,16,17). The number of aromatic nitrogens is 5. The highest BCUT2D eigenvalue weighted by atomic mass is 32.1. The van der Waals surface area contributed by atoms with Crippen molar-refractivity contribution < 1.29 is 0 Å². The first-order chi connectivity index (χ1) is 8.72. The molecule has 0 amide bonds. The van der Waals surface area contributed by atoms with Gasteiger partial charge in [-0.1, -0.05) is 0 Å². The van der Waals surface area contributed by atoms with Gasteiger partial charge in [0.1, 0.15) is 5.82 Å². The third-order valence-electron chi connectivity index (χ3n) is 2.43. The normalized spacial score (nSPS) is 10.9. The van der Waals surface area contributed by atoms with E-state index in [1.807, 2.05) is 12.3 Å². The van der Waals surface area contributed by atoms with Gasteiger partial charge in [-0.25, -0.2) is 4.98 Å². The van der Waals surface area contributed by atoms with Crippen molar-refractivity contribution in [3.63, 3.8) is 0 Å². The van der Waals surface area contributed by atoms with Crippen molar-refractivity contribution in [2.75, 3.05) is 11.1 Å². The van der Waals surface area contributed by atoms with Gasteiger partial charge in [-0.3, -0.25) is 5.10 Å². The van der Waals surface area contributed by atoms with Crippen LogP contribution in [0.1, 0.15) is 10.7 Å². The van der Waals surface area contributed by atoms with Gasteiger partial charge in [0.2, 0.25) is 5.95 Å². The molecular weight excluding hydrogens is 250 g/mol. The number of thiazole rings is 1. The van der Waals surface area contributed by atoms with E-state index in [2.05, 4.69) is 30.5 Å². The first-order valence-corrected chi connectivity index (χ1v) is 6.22. The molecule has 4 N–H and O–H groups in total. The molecule has 7 nitrogen and oxygen atoms in total. The predicted octanol–water partition coefficient (Wildman–Crippen LogP) is 1.31. The van der Waals surface area contributed by atoms with Crippen LogP contribution in [0.3, 0.4) is 0 Å². The van der Waals surface area contributed by atoms with Crippen LogP contribution in [-0.2, 0) is 6.54 Å². The Morgan fingerprint density at radius 3 is 3.06 bits per heavy atom. The van der Waals surface area contributed by atoms with Crippen molar-refractivity contribution in [1.82, 2.24) is 25.1 Å². The number of nitrogens with zero attached hydrogens (tertiary/aromatic N) is 4. The van der Waals surface area contributed by atoms with Crippen LogP contribution >= 0.6 is 11.3 Å². The Hall–Kier alpha value is -2.22. The molecule has 0 aliphatic heterocycles. The molecule has 18 heavy (non-hydrogen) atoms. The van der Waals surface area contributed by atoms with E-state index in [4.69, 9.17) is 5.73 Å². The number of anilines is 2. The van der Waals surface area contributed by atoms with Crippen molar-refractivity contribution >= 4 is 34.1 Å². The molecule has 3 aromatic rings. The van der Waals surface area contributed by atoms with Gasteiger partial charge in [0, 0.05) is 5.38 Å². The molecule has 0 radical (unpaired) electrons. The van der Waals surface area contributed by atoms with Crippen molar-refractivity contribution in [3.05, 3.63) is 22.3 Å². The van der Waals surface area contributed by atoms with Crippen molar-refractivity contribution in [2.45, 2.75) is 13.5 Å². The van der Waals surface area contributed by atoms with Crippen molar-refractivity contribution in [1.29, 1.82) is 0 Å². The lowest BCUT2D eigenvalue weighted by Crippen LogP contribution is -2.05. The molecule has 0 fully saturated rings. The average Bonchev–Trinajstić information content (AvgIpc) is 2.94. The van der Waals surface area contributed by atoms with Crippen molar-refractivity contribution in [3.8, 4) is 0 Å². The first kappa shape index (κ1) is 10.9. The molecule has 0 bridgehead atoms. The van der Waals surface area contributed by atoms with E-state index in [1.54, 1.807) is 17.5 Å². The van der Waals surface area contributed by atoms with Crippen LogP contribution in [0.5, 0.6) is 0 Å². The SMILES string of the molecule is Cc1nc(CNc2nc(N)nc3[nH]ncc23)cs1. The lowest BCUT2D eigenvalue weighted by molar-refractivity contribution is 1.04. The van der Waals surface area contributed by atoms with E-state index in [0.717, 1.165) is 16.1 Å². The number of nitrogens with one attached hydrogen (secondary N) is 2. The number of hydrogen-bond acceptors (Lipinski definition) is 7. The van der Waals surface area contributed by atoms with Gasteiger partial charge in [0.15, 0.2) is 5.65 Å². The molecule has 0 atom stereocenters. The number of aryl methyl sites for hydroxylation is 1. The second-order valence-electron chi connectivity index (χ2n) is 3.77. The molecule has 3 rings (SSSR count). The van der Waals surface area contributed by atoms with Crippen LogP contribution in [0.15, 0.2) is 11.6 Å². The van der Waals surface area contributed by atoms with Crippen LogP contribution in [0.25, 0.3) is 11.0 Å². The van der Waals surface area contributed by atoms with E-state index in [1.165, 1.54) is 0 Å². The lowest BCUT2D eigenvalue weighted by Gasteiger charge is -2.05. The zero-order chi connectivity index (χ0) is 12.5. The van der Waals surface area contributed by atoms with Crippen LogP contribution in [0.2, 0.25) is 0 Å². The summed E-state index contributed by atoms with van der Waals surface area (Å²) in [7, 11) is 0. The number of fused-ring (bicyclic) bond motifs is 1. The average molecular weight is 261 g/mol. The number of rotatable bonds is 3. The largest absolute Gasteiger partial charge is 0.368 e. The summed E-state index contributed by atoms with van der Waals surface area (Å²) in [5.74, 6) is 0.876. The van der Waals surface area contributed by atoms with E-state index < -0.39 is 0 Å². The molecule has 0 aliphatic carbocycles. The summed E-state index contributed by atoms with van der Waals surface area (Å²) in [5, 5.41) is 13.8. The predicted molar refractivity (Wildman–Crippen MR) is 70.3 cm³/mol. The zero-order valence-electron chi connectivity index (χ0n) is 9.64. The fraction of sp³-hybridized carbons (Fsp3) is 0.200. The molecule has 0 aromatic carbocycles. The Labute approximate surface area is 106 Å². The highest BCUT2D eigenvalue weighted by Crippen LogP contribution is 2.19. The third kappa shape index (κ3) is 1.97. The van der Waals surface area contributed by atoms with Crippen LogP contribution in [-0.4, -0.2) is 25.1 Å². The summed E-state index contributed by atoms with van der Waals surface area (Å²) in [6, 6.07) is 0. The van der Waals surface area contributed by atoms with Gasteiger partial charge in [0.25, 0.3) is 0 Å². The Morgan fingerprint density at radius 1 is 1.39 bits per heavy atom. The topological polar surface area (TPSA) is 105 Å². The molecule has 0 unspecified atom stereocenters. The fourth-order valence-corrected chi connectivity index (χ4v) is 2.26. The maximum atomic E-state index is 5.63. The van der Waals surface area contributed by atoms with Gasteiger partial charge in [-0.2, -0.15) is 15.1 Å². The Balaban J connectivity index is 1.87. The van der Waals surface area contributed by atoms with Crippen LogP contribution < -0.4 is 11.1 Å². The van der Waals surface area contributed by atoms with Gasteiger partial charge >= 0.3 is 0 Å². The Kier molecular flexibility index (Phi) is 2.56. The molecule has 3 aromatic heterocycles. The molecule has 3 heterocycles. The highest BCUT2D eigenvalue weighted by Gasteiger charge is 2.08. The number of nitrogens with two attached hydrogens (primary N) is 1. The summed E-state index contributed by atoms with van der Waals surface area (Å²) in [6.07, 6.45) is 1.67. The summed E-state index contributed by atoms with van der Waals surface area (Å²) < 4.78 is 0. The molecular formula is C10H11N7S. The molecule has 0 aliphatic rings. The quantitative estimate of drug-likeness (QED) is 0.656. The second-order valence-corrected chi connectivity index (χ2v) is 4.84. The van der Waals surface area contributed by atoms with E-state index in [0.29, 0.717) is 18.0 Å². The molecule has 0 saturated carbocycles. The first-order valence-electron chi connectivity index (χ1n) is 5.34. The van der Waals surface area contributed by atoms with Crippen LogP contribution in [0, 0.1) is 6.92 Å². The summed E-state index contributed by atoms with van der Waals surface area (Å²) in [4.78, 5) is 12.6. The summed E-state index contributed by atoms with van der Waals surface area (Å²) in [5.41, 5.74) is 7.24. The van der Waals surface area contributed by atoms with E-state index in [9.17, 15) is 0 Å². The third-order valence-corrected chi connectivity index (χ3v) is 3.25. The minimum atomic E-state index is 0.212. The Bertz CT molecular complexity index is 686. The maximum absolute atomic E-state index is 5.63. The maximum Gasteiger partial charge on any atom is 0.224 e. The number of H-pyrrole nitrogens is 1. The Morgan fingerprint density at radius 2 is 2.28 bits per heavy atom. The summed E-state index contributed by atoms with van der Waals surface area (Å²) >= 11 is 1.62. The monoisotopic (exact) mass is 261 g/mol. The van der Waals surface area contributed by atoms with Gasteiger partial charge < -0.3 is 11.1 Å². The highest BCUT2D eigenvalue weighted by molar-refractivity contribution is 7.09. The lowest BCUT2D eigenvalue weighted by atomic mass is 10.4. The fourth-order valence-electron chi connectivity index (χ4n) is 1.65. The molecule has 0 spiro atoms. The second kappa shape index (κ2) is 4.22. The van der Waals surface area contributed by atoms with Crippen molar-refractivity contribution in [2.24, 2.45) is 0 Å². The molecule has 8 heteroatoms. The van der Waals surface area contributed by atoms with Gasteiger partial charge in [-0.15, -0.1) is 11.3 Å². The molecule has 92 valence electrons. The smallest absolute Gasteiger partial charge is 0.224 e. The van der Waals surface area contributed by atoms with Crippen LogP contribution in [0.4, 0.5) is 11.8 Å². The minimum Gasteiger partial charge on any atom is -0.368 e. The van der Waals surface area contributed by atoms with E-state index >= 15 is 0 Å². The number of nitrogen functional groups attached to an aromatic ring is 1. The number of hydrogen-bond donors (Lipinski definition) is 3.